The van der Waals surface area contributed by atoms with Crippen LogP contribution in [0, 0.1) is 0 Å². The smallest absolute Gasteiger partial charge is 0.223 e. The fourth-order valence-corrected chi connectivity index (χ4v) is 3.41. The standard InChI is InChI=1S/C21H25N7/c22-17-1-3-18(4-2-17)27-21-25-12-8-19(28-21)16-7-11-24-20(13-16)26-14-15-5-9-23-10-6-15/h5-13,17-18H,1-4,14,22H2,(H,24,26)(H,25,27,28). The Labute approximate surface area is 164 Å². The Morgan fingerprint density at radius 2 is 1.71 bits per heavy atom. The largest absolute Gasteiger partial charge is 0.366 e. The van der Waals surface area contributed by atoms with Crippen LogP contribution >= 0.6 is 0 Å². The van der Waals surface area contributed by atoms with Crippen LogP contribution in [0.15, 0.2) is 55.1 Å². The third-order valence-corrected chi connectivity index (χ3v) is 5.04. The Hall–Kier alpha value is -3.06. The summed E-state index contributed by atoms with van der Waals surface area (Å²) in [5, 5.41) is 6.80. The molecule has 3 aromatic heterocycles. The van der Waals surface area contributed by atoms with Crippen molar-refractivity contribution in [2.24, 2.45) is 5.73 Å². The van der Waals surface area contributed by atoms with Gasteiger partial charge in [-0.15, -0.1) is 0 Å². The molecule has 4 N–H and O–H groups in total. The molecule has 0 radical (unpaired) electrons. The maximum atomic E-state index is 5.99. The van der Waals surface area contributed by atoms with Crippen LogP contribution in [-0.2, 0) is 6.54 Å². The number of hydrogen-bond acceptors (Lipinski definition) is 7. The number of nitrogens with one attached hydrogen (secondary N) is 2. The van der Waals surface area contributed by atoms with Gasteiger partial charge in [0.15, 0.2) is 0 Å². The average molecular weight is 375 g/mol. The predicted octanol–water partition coefficient (Wildman–Crippen LogP) is 3.23. The molecule has 3 aromatic rings. The molecule has 7 heteroatoms. The topological polar surface area (TPSA) is 102 Å². The summed E-state index contributed by atoms with van der Waals surface area (Å²) in [7, 11) is 0. The molecule has 1 saturated carbocycles. The van der Waals surface area contributed by atoms with Crippen molar-refractivity contribution in [2.45, 2.75) is 44.3 Å². The lowest BCUT2D eigenvalue weighted by molar-refractivity contribution is 0.410. The SMILES string of the molecule is NC1CCC(Nc2nccc(-c3ccnc(NCc4ccncc4)c3)n2)CC1. The van der Waals surface area contributed by atoms with Crippen LogP contribution in [0.5, 0.6) is 0 Å². The fourth-order valence-electron chi connectivity index (χ4n) is 3.41. The van der Waals surface area contributed by atoms with E-state index in [1.807, 2.05) is 30.3 Å². The highest BCUT2D eigenvalue weighted by Crippen LogP contribution is 2.23. The van der Waals surface area contributed by atoms with Crippen LogP contribution in [0.1, 0.15) is 31.2 Å². The first-order valence-corrected chi connectivity index (χ1v) is 9.70. The molecule has 0 aromatic carbocycles. The van der Waals surface area contributed by atoms with Crippen LogP contribution in [0.25, 0.3) is 11.3 Å². The minimum Gasteiger partial charge on any atom is -0.366 e. The van der Waals surface area contributed by atoms with Gasteiger partial charge in [-0.05, 0) is 61.6 Å². The second-order valence-electron chi connectivity index (χ2n) is 7.16. The molecular formula is C21H25N7. The lowest BCUT2D eigenvalue weighted by atomic mass is 9.92. The summed E-state index contributed by atoms with van der Waals surface area (Å²) in [6, 6.07) is 10.6. The zero-order valence-electron chi connectivity index (χ0n) is 15.8. The van der Waals surface area contributed by atoms with Crippen LogP contribution < -0.4 is 16.4 Å². The van der Waals surface area contributed by atoms with Gasteiger partial charge in [0.2, 0.25) is 5.95 Å². The van der Waals surface area contributed by atoms with E-state index in [0.717, 1.165) is 48.3 Å². The number of nitrogens with two attached hydrogens (primary N) is 1. The van der Waals surface area contributed by atoms with E-state index in [4.69, 9.17) is 10.7 Å². The molecule has 0 spiro atoms. The summed E-state index contributed by atoms with van der Waals surface area (Å²) in [5.41, 5.74) is 9.03. The van der Waals surface area contributed by atoms with Crippen molar-refractivity contribution >= 4 is 11.8 Å². The highest BCUT2D eigenvalue weighted by atomic mass is 15.1. The van der Waals surface area contributed by atoms with Gasteiger partial charge >= 0.3 is 0 Å². The molecule has 0 bridgehead atoms. The Bertz CT molecular complexity index is 892. The van der Waals surface area contributed by atoms with Crippen molar-refractivity contribution in [2.75, 3.05) is 10.6 Å². The minimum absolute atomic E-state index is 0.334. The Morgan fingerprint density at radius 1 is 0.929 bits per heavy atom. The van der Waals surface area contributed by atoms with Crippen molar-refractivity contribution in [3.63, 3.8) is 0 Å². The summed E-state index contributed by atoms with van der Waals surface area (Å²) < 4.78 is 0. The number of hydrogen-bond donors (Lipinski definition) is 3. The first kappa shape index (κ1) is 18.3. The number of nitrogens with zero attached hydrogens (tertiary/aromatic N) is 4. The van der Waals surface area contributed by atoms with Gasteiger partial charge in [-0.25, -0.2) is 15.0 Å². The van der Waals surface area contributed by atoms with Crippen molar-refractivity contribution < 1.29 is 0 Å². The van der Waals surface area contributed by atoms with E-state index in [9.17, 15) is 0 Å². The van der Waals surface area contributed by atoms with Crippen molar-refractivity contribution in [3.05, 3.63) is 60.7 Å². The van der Waals surface area contributed by atoms with Crippen molar-refractivity contribution in [1.82, 2.24) is 19.9 Å². The van der Waals surface area contributed by atoms with Gasteiger partial charge in [0.1, 0.15) is 5.82 Å². The normalized spacial score (nSPS) is 19.2. The highest BCUT2D eigenvalue weighted by molar-refractivity contribution is 5.63. The monoisotopic (exact) mass is 375 g/mol. The lowest BCUT2D eigenvalue weighted by Crippen LogP contribution is -2.33. The zero-order chi connectivity index (χ0) is 19.2. The molecule has 3 heterocycles. The summed E-state index contributed by atoms with van der Waals surface area (Å²) in [6.45, 7) is 0.694. The maximum absolute atomic E-state index is 5.99. The third-order valence-electron chi connectivity index (χ3n) is 5.04. The highest BCUT2D eigenvalue weighted by Gasteiger charge is 2.19. The molecule has 1 fully saturated rings. The second kappa shape index (κ2) is 8.75. The van der Waals surface area contributed by atoms with Gasteiger partial charge in [-0.1, -0.05) is 0 Å². The summed E-state index contributed by atoms with van der Waals surface area (Å²) >= 11 is 0. The van der Waals surface area contributed by atoms with Gasteiger partial charge in [0.05, 0.1) is 5.69 Å². The second-order valence-corrected chi connectivity index (χ2v) is 7.16. The van der Waals surface area contributed by atoms with Gasteiger partial charge in [-0.2, -0.15) is 0 Å². The van der Waals surface area contributed by atoms with E-state index in [1.54, 1.807) is 24.8 Å². The van der Waals surface area contributed by atoms with E-state index in [1.165, 1.54) is 0 Å². The van der Waals surface area contributed by atoms with E-state index >= 15 is 0 Å². The number of aromatic nitrogens is 4. The summed E-state index contributed by atoms with van der Waals surface area (Å²) in [5.74, 6) is 1.48. The van der Waals surface area contributed by atoms with Gasteiger partial charge in [0.25, 0.3) is 0 Å². The molecule has 0 aliphatic heterocycles. The van der Waals surface area contributed by atoms with E-state index < -0.39 is 0 Å². The summed E-state index contributed by atoms with van der Waals surface area (Å²) in [6.07, 6.45) is 11.4. The molecule has 0 saturated heterocycles. The molecule has 28 heavy (non-hydrogen) atoms. The first-order valence-electron chi connectivity index (χ1n) is 9.70. The Kier molecular flexibility index (Phi) is 5.72. The molecule has 1 aliphatic rings. The molecule has 1 aliphatic carbocycles. The molecule has 0 unspecified atom stereocenters. The van der Waals surface area contributed by atoms with Crippen molar-refractivity contribution in [3.8, 4) is 11.3 Å². The number of anilines is 2. The van der Waals surface area contributed by atoms with Crippen LogP contribution in [0.3, 0.4) is 0 Å². The lowest BCUT2D eigenvalue weighted by Gasteiger charge is -2.26. The van der Waals surface area contributed by atoms with E-state index in [2.05, 4.69) is 25.6 Å². The first-order chi connectivity index (χ1) is 13.8. The third kappa shape index (κ3) is 4.80. The fraction of sp³-hybridized carbons (Fsp3) is 0.333. The molecule has 4 rings (SSSR count). The Morgan fingerprint density at radius 3 is 2.54 bits per heavy atom. The van der Waals surface area contributed by atoms with Gasteiger partial charge in [0, 0.05) is 49.0 Å². The van der Waals surface area contributed by atoms with E-state index in [0.29, 0.717) is 24.6 Å². The minimum atomic E-state index is 0.334. The van der Waals surface area contributed by atoms with Crippen LogP contribution in [0.2, 0.25) is 0 Å². The Balaban J connectivity index is 1.43. The van der Waals surface area contributed by atoms with Gasteiger partial charge < -0.3 is 16.4 Å². The molecule has 0 atom stereocenters. The molecular weight excluding hydrogens is 350 g/mol. The number of rotatable bonds is 6. The van der Waals surface area contributed by atoms with E-state index in [-0.39, 0.29) is 0 Å². The van der Waals surface area contributed by atoms with Crippen LogP contribution in [-0.4, -0.2) is 32.0 Å². The molecule has 144 valence electrons. The summed E-state index contributed by atoms with van der Waals surface area (Å²) in [4.78, 5) is 17.5. The number of pyridine rings is 2. The quantitative estimate of drug-likeness (QED) is 0.608. The molecule has 0 amide bonds. The maximum Gasteiger partial charge on any atom is 0.223 e. The molecule has 7 nitrogen and oxygen atoms in total. The van der Waals surface area contributed by atoms with Gasteiger partial charge in [-0.3, -0.25) is 4.98 Å². The van der Waals surface area contributed by atoms with Crippen LogP contribution in [0.4, 0.5) is 11.8 Å². The van der Waals surface area contributed by atoms with Crippen molar-refractivity contribution in [1.29, 1.82) is 0 Å². The zero-order valence-corrected chi connectivity index (χ0v) is 15.8. The predicted molar refractivity (Wildman–Crippen MR) is 111 cm³/mol. The average Bonchev–Trinajstić information content (AvgIpc) is 2.75.